The van der Waals surface area contributed by atoms with E-state index in [4.69, 9.17) is 28.3 Å². The van der Waals surface area contributed by atoms with Gasteiger partial charge in [-0.05, 0) is 30.4 Å². The lowest BCUT2D eigenvalue weighted by atomic mass is 9.79. The van der Waals surface area contributed by atoms with Crippen LogP contribution in [0, 0.1) is 0 Å². The number of ketones is 1. The molecule has 78 valence electrons. The first-order chi connectivity index (χ1) is 10.3. The van der Waals surface area contributed by atoms with Gasteiger partial charge in [-0.15, -0.1) is 0 Å². The molecule has 2 nitrogen and oxygen atoms in total. The highest BCUT2D eigenvalue weighted by Crippen LogP contribution is 2.33. The van der Waals surface area contributed by atoms with E-state index < -0.39 is 58.8 Å². The summed E-state index contributed by atoms with van der Waals surface area (Å²) in [5, 5.41) is -0.609. The summed E-state index contributed by atoms with van der Waals surface area (Å²) >= 11 is 5.93. The number of benzene rings is 1. The number of nitrogens with two attached hydrogens (primary N) is 1. The molecule has 1 atom stereocenters. The average Bonchev–Trinajstić information content (AvgIpc) is 2.46. The number of carbonyl (C=O) groups is 1. The summed E-state index contributed by atoms with van der Waals surface area (Å²) in [4.78, 5) is 12.3. The normalized spacial score (nSPS) is 40.0. The SMILES string of the molecule is [2H]c1c([2H])c([2H])c(C2(N)C(=O)C=CC([2H])([2H])C2([2H])[2H])c(Cl)c1[2H]. The molecule has 1 aromatic carbocycles. The van der Waals surface area contributed by atoms with E-state index in [1.54, 1.807) is 0 Å². The van der Waals surface area contributed by atoms with Crippen molar-refractivity contribution in [3.63, 3.8) is 0 Å². The molecule has 1 aliphatic carbocycles. The molecule has 0 bridgehead atoms. The Labute approximate surface area is 105 Å². The van der Waals surface area contributed by atoms with Gasteiger partial charge in [-0.25, -0.2) is 0 Å². The molecular weight excluding hydrogens is 210 g/mol. The minimum absolute atomic E-state index is 0.609. The van der Waals surface area contributed by atoms with Gasteiger partial charge in [0, 0.05) is 10.5 Å². The number of rotatable bonds is 1. The molecular formula is C12H12ClNO. The number of hydrogen-bond donors (Lipinski definition) is 1. The predicted octanol–water partition coefficient (Wildman–Crippen LogP) is 2.41. The zero-order valence-electron chi connectivity index (χ0n) is 15.5. The fraction of sp³-hybridized carbons (Fsp3) is 0.250. The second-order valence-corrected chi connectivity index (χ2v) is 3.34. The molecule has 0 heterocycles. The minimum atomic E-state index is -2.99. The zero-order chi connectivity index (χ0) is 18.0. The smallest absolute Gasteiger partial charge is 0.179 e. The van der Waals surface area contributed by atoms with E-state index in [0.29, 0.717) is 0 Å². The Kier molecular flexibility index (Phi) is 1.11. The molecule has 0 radical (unpaired) electrons. The van der Waals surface area contributed by atoms with Gasteiger partial charge < -0.3 is 5.73 Å². The van der Waals surface area contributed by atoms with Crippen molar-refractivity contribution in [3.05, 3.63) is 46.9 Å². The van der Waals surface area contributed by atoms with Crippen LogP contribution in [0.3, 0.4) is 0 Å². The van der Waals surface area contributed by atoms with Gasteiger partial charge in [-0.1, -0.05) is 35.8 Å². The Morgan fingerprint density at radius 2 is 2.27 bits per heavy atom. The number of allylic oxidation sites excluding steroid dienone is 1. The molecule has 0 amide bonds. The molecule has 1 aliphatic rings. The van der Waals surface area contributed by atoms with Crippen LogP contribution < -0.4 is 5.73 Å². The Morgan fingerprint density at radius 1 is 1.53 bits per heavy atom. The second kappa shape index (κ2) is 3.80. The molecule has 1 aromatic rings. The van der Waals surface area contributed by atoms with Gasteiger partial charge in [-0.2, -0.15) is 0 Å². The first-order valence-electron chi connectivity index (χ1n) is 8.09. The van der Waals surface area contributed by atoms with Crippen LogP contribution in [0.25, 0.3) is 0 Å². The first kappa shape index (κ1) is 4.40. The van der Waals surface area contributed by atoms with Gasteiger partial charge >= 0.3 is 0 Å². The van der Waals surface area contributed by atoms with Gasteiger partial charge in [0.25, 0.3) is 0 Å². The molecule has 2 N–H and O–H groups in total. The van der Waals surface area contributed by atoms with Crippen LogP contribution in [0.15, 0.2) is 36.3 Å². The van der Waals surface area contributed by atoms with Crippen LogP contribution in [0.2, 0.25) is 5.02 Å². The molecule has 2 rings (SSSR count). The van der Waals surface area contributed by atoms with E-state index in [0.717, 1.165) is 12.2 Å². The summed E-state index contributed by atoms with van der Waals surface area (Å²) in [6.45, 7) is 0. The summed E-state index contributed by atoms with van der Waals surface area (Å²) in [5.41, 5.74) is 2.56. The van der Waals surface area contributed by atoms with Crippen LogP contribution in [-0.2, 0) is 10.3 Å². The topological polar surface area (TPSA) is 43.1 Å². The fourth-order valence-electron chi connectivity index (χ4n) is 1.22. The third kappa shape index (κ3) is 1.71. The van der Waals surface area contributed by atoms with Crippen LogP contribution in [0.1, 0.15) is 29.3 Å². The molecule has 0 aliphatic heterocycles. The summed E-state index contributed by atoms with van der Waals surface area (Å²) in [6.07, 6.45) is -4.14. The van der Waals surface area contributed by atoms with Crippen LogP contribution in [0.5, 0.6) is 0 Å². The molecule has 1 unspecified atom stereocenters. The van der Waals surface area contributed by atoms with Gasteiger partial charge in [0.15, 0.2) is 5.78 Å². The molecule has 15 heavy (non-hydrogen) atoms. The van der Waals surface area contributed by atoms with Gasteiger partial charge in [0.2, 0.25) is 0 Å². The van der Waals surface area contributed by atoms with Crippen molar-refractivity contribution >= 4 is 17.4 Å². The van der Waals surface area contributed by atoms with Gasteiger partial charge in [-0.3, -0.25) is 4.79 Å². The summed E-state index contributed by atoms with van der Waals surface area (Å²) in [5.74, 6) is -1.04. The minimum Gasteiger partial charge on any atom is -0.315 e. The van der Waals surface area contributed by atoms with Gasteiger partial charge in [0.1, 0.15) is 5.54 Å². The van der Waals surface area contributed by atoms with E-state index >= 15 is 0 Å². The van der Waals surface area contributed by atoms with Crippen molar-refractivity contribution in [1.29, 1.82) is 0 Å². The maximum Gasteiger partial charge on any atom is 0.179 e. The van der Waals surface area contributed by atoms with E-state index in [-0.39, 0.29) is 0 Å². The number of halogens is 1. The number of carbonyl (C=O) groups excluding carboxylic acids is 1. The maximum absolute atomic E-state index is 12.3. The Hall–Kier alpha value is -1.12. The highest BCUT2D eigenvalue weighted by Gasteiger charge is 2.36. The quantitative estimate of drug-likeness (QED) is 0.804. The van der Waals surface area contributed by atoms with Crippen LogP contribution >= 0.6 is 11.6 Å². The summed E-state index contributed by atoms with van der Waals surface area (Å²) in [7, 11) is 0. The van der Waals surface area contributed by atoms with Crippen LogP contribution in [0.4, 0.5) is 0 Å². The third-order valence-electron chi connectivity index (χ3n) is 2.01. The second-order valence-electron chi connectivity index (χ2n) is 2.96. The summed E-state index contributed by atoms with van der Waals surface area (Å²) in [6, 6.07) is -2.85. The van der Waals surface area contributed by atoms with Crippen molar-refractivity contribution in [2.45, 2.75) is 18.3 Å². The monoisotopic (exact) mass is 229 g/mol. The lowest BCUT2D eigenvalue weighted by molar-refractivity contribution is -0.120. The van der Waals surface area contributed by atoms with Crippen molar-refractivity contribution < 1.29 is 15.8 Å². The van der Waals surface area contributed by atoms with Crippen molar-refractivity contribution in [2.24, 2.45) is 5.73 Å². The highest BCUT2D eigenvalue weighted by atomic mass is 35.5. The van der Waals surface area contributed by atoms with Crippen molar-refractivity contribution in [2.75, 3.05) is 0 Å². The Morgan fingerprint density at radius 3 is 3.07 bits per heavy atom. The van der Waals surface area contributed by atoms with Crippen molar-refractivity contribution in [1.82, 2.24) is 0 Å². The Balaban J connectivity index is 2.95. The van der Waals surface area contributed by atoms with E-state index in [2.05, 4.69) is 0 Å². The lowest BCUT2D eigenvalue weighted by Crippen LogP contribution is -2.45. The first-order valence-corrected chi connectivity index (χ1v) is 4.47. The largest absolute Gasteiger partial charge is 0.315 e. The highest BCUT2D eigenvalue weighted by molar-refractivity contribution is 6.31. The third-order valence-corrected chi connectivity index (χ3v) is 2.30. The van der Waals surface area contributed by atoms with E-state index in [1.807, 2.05) is 0 Å². The average molecular weight is 230 g/mol. The molecule has 0 aromatic heterocycles. The standard InChI is InChI=1S/C12H12ClNO/c13-10-6-2-1-5-9(10)12(14)8-4-3-7-11(12)15/h1-3,5-7H,4,8,14H2/i1D,2D,4D2,5D,6D,8D2. The molecule has 3 heteroatoms. The molecule has 0 saturated carbocycles. The molecule has 0 saturated heterocycles. The predicted molar refractivity (Wildman–Crippen MR) is 60.7 cm³/mol. The molecule has 0 fully saturated rings. The van der Waals surface area contributed by atoms with Gasteiger partial charge in [0.05, 0.1) is 5.48 Å². The lowest BCUT2D eigenvalue weighted by Gasteiger charge is -2.30. The zero-order valence-corrected chi connectivity index (χ0v) is 8.27. The Bertz CT molecular complexity index is 718. The van der Waals surface area contributed by atoms with Crippen molar-refractivity contribution in [3.8, 4) is 0 Å². The van der Waals surface area contributed by atoms with E-state index in [9.17, 15) is 4.79 Å². The fourth-order valence-corrected chi connectivity index (χ4v) is 1.46. The summed E-state index contributed by atoms with van der Waals surface area (Å²) < 4.78 is 62.4. The van der Waals surface area contributed by atoms with Crippen LogP contribution in [-0.4, -0.2) is 5.78 Å². The number of hydrogen-bond acceptors (Lipinski definition) is 2. The van der Waals surface area contributed by atoms with E-state index in [1.165, 1.54) is 0 Å². The maximum atomic E-state index is 12.3. The molecule has 0 spiro atoms.